The van der Waals surface area contributed by atoms with Crippen molar-refractivity contribution in [1.82, 2.24) is 14.8 Å². The molecule has 0 N–H and O–H groups in total. The number of para-hydroxylation sites is 1. The van der Waals surface area contributed by atoms with E-state index in [4.69, 9.17) is 4.98 Å². The number of carbonyl (C=O) groups is 1. The number of hydrogen-bond donors (Lipinski definition) is 0. The van der Waals surface area contributed by atoms with Gasteiger partial charge in [-0.15, -0.1) is 11.3 Å². The van der Waals surface area contributed by atoms with Crippen molar-refractivity contribution >= 4 is 22.9 Å². The third kappa shape index (κ3) is 5.50. The number of thiazole rings is 1. The molecule has 2 aliphatic heterocycles. The fraction of sp³-hybridized carbons (Fsp3) is 0.467. The predicted octanol–water partition coefficient (Wildman–Crippen LogP) is 5.84. The summed E-state index contributed by atoms with van der Waals surface area (Å²) >= 11 is 1.74. The van der Waals surface area contributed by atoms with Gasteiger partial charge in [0.15, 0.2) is 0 Å². The molecular weight excluding hydrogens is 464 g/mol. The van der Waals surface area contributed by atoms with E-state index in [1.165, 1.54) is 24.2 Å². The van der Waals surface area contributed by atoms with Gasteiger partial charge in [-0.2, -0.15) is 0 Å². The minimum absolute atomic E-state index is 0.207. The molecule has 3 heterocycles. The van der Waals surface area contributed by atoms with Gasteiger partial charge in [0, 0.05) is 54.9 Å². The fourth-order valence-corrected chi connectivity index (χ4v) is 6.62. The van der Waals surface area contributed by atoms with Crippen molar-refractivity contribution in [2.75, 3.05) is 31.1 Å². The van der Waals surface area contributed by atoms with Gasteiger partial charge in [-0.1, -0.05) is 36.4 Å². The largest absolute Gasteiger partial charge is 0.363 e. The predicted molar refractivity (Wildman–Crippen MR) is 149 cm³/mol. The molecule has 2 aromatic carbocycles. The molecule has 5 rings (SSSR count). The van der Waals surface area contributed by atoms with Gasteiger partial charge in [0.05, 0.1) is 17.2 Å². The van der Waals surface area contributed by atoms with E-state index in [1.54, 1.807) is 11.3 Å². The molecule has 5 nitrogen and oxygen atoms in total. The van der Waals surface area contributed by atoms with Crippen LogP contribution in [0.3, 0.4) is 0 Å². The Morgan fingerprint density at radius 1 is 0.917 bits per heavy atom. The van der Waals surface area contributed by atoms with Gasteiger partial charge in [0.25, 0.3) is 5.91 Å². The third-order valence-corrected chi connectivity index (χ3v) is 8.81. The maximum Gasteiger partial charge on any atom is 0.254 e. The summed E-state index contributed by atoms with van der Waals surface area (Å²) in [6.45, 7) is 11.0. The Kier molecular flexibility index (Phi) is 7.73. The van der Waals surface area contributed by atoms with Crippen molar-refractivity contribution in [1.29, 1.82) is 0 Å². The molecular formula is C30H38N4OS. The fourth-order valence-electron chi connectivity index (χ4n) is 6.01. The Hall–Kier alpha value is -2.70. The minimum atomic E-state index is 0.207. The molecule has 0 spiro atoms. The average molecular weight is 503 g/mol. The van der Waals surface area contributed by atoms with Crippen LogP contribution < -0.4 is 4.90 Å². The van der Waals surface area contributed by atoms with Gasteiger partial charge in [-0.3, -0.25) is 4.79 Å². The summed E-state index contributed by atoms with van der Waals surface area (Å²) in [6.07, 6.45) is 4.47. The normalized spacial score (nSPS) is 17.9. The highest BCUT2D eigenvalue weighted by molar-refractivity contribution is 7.09. The van der Waals surface area contributed by atoms with E-state index in [9.17, 15) is 4.79 Å². The second kappa shape index (κ2) is 11.1. The lowest BCUT2D eigenvalue weighted by Crippen LogP contribution is -2.52. The Morgan fingerprint density at radius 3 is 2.19 bits per heavy atom. The number of likely N-dealkylation sites (tertiary alicyclic amines) is 2. The number of rotatable bonds is 6. The number of carbonyl (C=O) groups excluding carboxylic acids is 1. The first kappa shape index (κ1) is 25.0. The lowest BCUT2D eigenvalue weighted by Gasteiger charge is -2.44. The first-order chi connectivity index (χ1) is 17.5. The van der Waals surface area contributed by atoms with Crippen LogP contribution in [0.4, 0.5) is 5.69 Å². The molecule has 6 heteroatoms. The topological polar surface area (TPSA) is 39.7 Å². The van der Waals surface area contributed by atoms with E-state index in [2.05, 4.69) is 57.3 Å². The van der Waals surface area contributed by atoms with E-state index in [1.807, 2.05) is 32.0 Å². The zero-order valence-electron chi connectivity index (χ0n) is 21.8. The summed E-state index contributed by atoms with van der Waals surface area (Å²) < 4.78 is 0. The average Bonchev–Trinajstić information content (AvgIpc) is 3.32. The summed E-state index contributed by atoms with van der Waals surface area (Å²) in [4.78, 5) is 25.3. The quantitative estimate of drug-likeness (QED) is 0.424. The van der Waals surface area contributed by atoms with Crippen LogP contribution in [0.5, 0.6) is 0 Å². The molecule has 1 amide bonds. The van der Waals surface area contributed by atoms with Crippen molar-refractivity contribution in [3.8, 4) is 0 Å². The van der Waals surface area contributed by atoms with Crippen molar-refractivity contribution in [3.63, 3.8) is 0 Å². The van der Waals surface area contributed by atoms with Gasteiger partial charge in [-0.25, -0.2) is 4.98 Å². The highest BCUT2D eigenvalue weighted by Gasteiger charge is 2.32. The van der Waals surface area contributed by atoms with Crippen molar-refractivity contribution in [2.24, 2.45) is 0 Å². The van der Waals surface area contributed by atoms with E-state index >= 15 is 0 Å². The molecule has 2 fully saturated rings. The number of benzene rings is 2. The van der Waals surface area contributed by atoms with Gasteiger partial charge in [0.1, 0.15) is 0 Å². The van der Waals surface area contributed by atoms with Crippen molar-refractivity contribution in [2.45, 2.75) is 65.1 Å². The number of anilines is 1. The molecule has 0 bridgehead atoms. The highest BCUT2D eigenvalue weighted by Crippen LogP contribution is 2.29. The highest BCUT2D eigenvalue weighted by atomic mass is 32.1. The maximum atomic E-state index is 13.2. The summed E-state index contributed by atoms with van der Waals surface area (Å²) in [5, 5.41) is 3.34. The van der Waals surface area contributed by atoms with Crippen LogP contribution in [0.1, 0.15) is 57.9 Å². The monoisotopic (exact) mass is 502 g/mol. The molecule has 0 aliphatic carbocycles. The van der Waals surface area contributed by atoms with E-state index in [0.717, 1.165) is 67.3 Å². The second-order valence-electron chi connectivity index (χ2n) is 10.4. The van der Waals surface area contributed by atoms with Crippen LogP contribution in [0, 0.1) is 20.8 Å². The molecule has 3 aromatic rings. The number of aryl methyl sites for hydroxylation is 3. The molecule has 2 saturated heterocycles. The summed E-state index contributed by atoms with van der Waals surface area (Å²) in [6, 6.07) is 18.1. The maximum absolute atomic E-state index is 13.2. The van der Waals surface area contributed by atoms with Crippen LogP contribution in [0.2, 0.25) is 0 Å². The summed E-state index contributed by atoms with van der Waals surface area (Å²) in [7, 11) is 0. The lowest BCUT2D eigenvalue weighted by molar-refractivity contribution is 0.0576. The third-order valence-electron chi connectivity index (χ3n) is 7.99. The minimum Gasteiger partial charge on any atom is -0.363 e. The molecule has 0 unspecified atom stereocenters. The van der Waals surface area contributed by atoms with Gasteiger partial charge in [-0.05, 0) is 69.7 Å². The molecule has 0 saturated carbocycles. The zero-order chi connectivity index (χ0) is 25.1. The van der Waals surface area contributed by atoms with Crippen LogP contribution >= 0.6 is 11.3 Å². The number of amides is 1. The van der Waals surface area contributed by atoms with Crippen molar-refractivity contribution in [3.05, 3.63) is 81.3 Å². The standard InChI is InChI=1S/C30H38N4OS/c1-22-8-7-9-23(2)29(22)30(35)33-18-12-26(13-19-33)32-16-14-28(15-17-32)34(27-10-5-4-6-11-27)20-25-21-36-24(3)31-25/h4-11,21,26,28H,12-20H2,1-3H3. The van der Waals surface area contributed by atoms with Gasteiger partial charge in [0.2, 0.25) is 0 Å². The van der Waals surface area contributed by atoms with E-state index in [0.29, 0.717) is 12.1 Å². The number of piperidine rings is 2. The number of aromatic nitrogens is 1. The number of nitrogens with zero attached hydrogens (tertiary/aromatic N) is 4. The zero-order valence-corrected chi connectivity index (χ0v) is 22.6. The van der Waals surface area contributed by atoms with Crippen molar-refractivity contribution < 1.29 is 4.79 Å². The summed E-state index contributed by atoms with van der Waals surface area (Å²) in [5.41, 5.74) is 5.53. The van der Waals surface area contributed by atoms with Crippen LogP contribution in [-0.4, -0.2) is 59.0 Å². The van der Waals surface area contributed by atoms with Gasteiger partial charge >= 0.3 is 0 Å². The van der Waals surface area contributed by atoms with Crippen LogP contribution in [0.15, 0.2) is 53.9 Å². The first-order valence-corrected chi connectivity index (χ1v) is 14.2. The smallest absolute Gasteiger partial charge is 0.254 e. The first-order valence-electron chi connectivity index (χ1n) is 13.3. The molecule has 36 heavy (non-hydrogen) atoms. The Morgan fingerprint density at radius 2 is 1.58 bits per heavy atom. The van der Waals surface area contributed by atoms with E-state index < -0.39 is 0 Å². The Bertz CT molecular complexity index is 1140. The lowest BCUT2D eigenvalue weighted by atomic mass is 9.95. The Balaban J connectivity index is 1.18. The molecule has 0 radical (unpaired) electrons. The Labute approximate surface area is 219 Å². The summed E-state index contributed by atoms with van der Waals surface area (Å²) in [5.74, 6) is 0.207. The molecule has 0 atom stereocenters. The molecule has 190 valence electrons. The van der Waals surface area contributed by atoms with E-state index in [-0.39, 0.29) is 5.91 Å². The van der Waals surface area contributed by atoms with Crippen LogP contribution in [0.25, 0.3) is 0 Å². The molecule has 2 aliphatic rings. The molecule has 1 aromatic heterocycles. The van der Waals surface area contributed by atoms with Gasteiger partial charge < -0.3 is 14.7 Å². The van der Waals surface area contributed by atoms with Crippen LogP contribution in [-0.2, 0) is 6.54 Å². The second-order valence-corrected chi connectivity index (χ2v) is 11.4. The SMILES string of the molecule is Cc1nc(CN(c2ccccc2)C2CCN(C3CCN(C(=O)c4c(C)cccc4C)CC3)CC2)cs1. The number of hydrogen-bond acceptors (Lipinski definition) is 5.